The van der Waals surface area contributed by atoms with Gasteiger partial charge in [0.05, 0.1) is 11.9 Å². The van der Waals surface area contributed by atoms with Crippen LogP contribution in [0.2, 0.25) is 0 Å². The molecule has 1 atom stereocenters. The molecule has 1 heterocycles. The minimum atomic E-state index is -0.767. The minimum Gasteiger partial charge on any atom is -0.323 e. The molecule has 1 unspecified atom stereocenters. The van der Waals surface area contributed by atoms with Crippen molar-refractivity contribution in [2.24, 2.45) is 5.73 Å². The Balaban J connectivity index is 2.06. The summed E-state index contributed by atoms with van der Waals surface area (Å²) < 4.78 is 12.6. The number of hydrogen-bond donors (Lipinski definition) is 2. The number of nitrogens with one attached hydrogen (secondary N) is 1. The number of amides is 1. The van der Waals surface area contributed by atoms with Gasteiger partial charge in [0.1, 0.15) is 6.04 Å². The summed E-state index contributed by atoms with van der Waals surface area (Å²) in [5.74, 6) is -0.963. The van der Waals surface area contributed by atoms with Crippen molar-refractivity contribution < 1.29 is 9.18 Å². The smallest absolute Gasteiger partial charge is 0.245 e. The average Bonchev–Trinajstić information content (AvgIpc) is 2.41. The maximum atomic E-state index is 12.6. The van der Waals surface area contributed by atoms with Crippen LogP contribution in [-0.2, 0) is 4.79 Å². The number of pyridine rings is 1. The zero-order chi connectivity index (χ0) is 13.0. The summed E-state index contributed by atoms with van der Waals surface area (Å²) in [4.78, 5) is 15.3. The molecule has 1 aromatic carbocycles. The van der Waals surface area contributed by atoms with Crippen molar-refractivity contribution in [2.75, 3.05) is 5.32 Å². The number of aromatic nitrogens is 1. The monoisotopic (exact) mass is 245 g/mol. The molecule has 2 aromatic rings. The lowest BCUT2D eigenvalue weighted by Crippen LogP contribution is -2.27. The first-order chi connectivity index (χ1) is 8.66. The molecule has 18 heavy (non-hydrogen) atoms. The average molecular weight is 245 g/mol. The van der Waals surface area contributed by atoms with E-state index in [1.54, 1.807) is 12.1 Å². The van der Waals surface area contributed by atoms with E-state index in [1.807, 2.05) is 18.2 Å². The maximum Gasteiger partial charge on any atom is 0.245 e. The third-order valence-electron chi connectivity index (χ3n) is 2.44. The molecule has 3 N–H and O–H groups in total. The van der Waals surface area contributed by atoms with Crippen LogP contribution in [0.25, 0.3) is 0 Å². The summed E-state index contributed by atoms with van der Waals surface area (Å²) in [7, 11) is 0. The predicted octanol–water partition coefficient (Wildman–Crippen LogP) is 1.86. The van der Waals surface area contributed by atoms with Crippen LogP contribution in [0.3, 0.4) is 0 Å². The summed E-state index contributed by atoms with van der Waals surface area (Å²) in [6, 6.07) is 10.8. The summed E-state index contributed by atoms with van der Waals surface area (Å²) >= 11 is 0. The molecule has 0 fully saturated rings. The fourth-order valence-electron chi connectivity index (χ4n) is 1.48. The molecule has 0 bridgehead atoms. The molecule has 0 aliphatic carbocycles. The van der Waals surface area contributed by atoms with E-state index in [0.717, 1.165) is 0 Å². The minimum absolute atomic E-state index is 0.366. The highest BCUT2D eigenvalue weighted by Gasteiger charge is 2.15. The summed E-state index contributed by atoms with van der Waals surface area (Å²) in [6.45, 7) is 0. The number of rotatable bonds is 3. The number of carbonyl (C=O) groups excluding carboxylic acids is 1. The Morgan fingerprint density at radius 1 is 1.22 bits per heavy atom. The van der Waals surface area contributed by atoms with Crippen molar-refractivity contribution >= 4 is 11.6 Å². The molecule has 0 aliphatic heterocycles. The lowest BCUT2D eigenvalue weighted by molar-refractivity contribution is -0.117. The number of benzene rings is 1. The van der Waals surface area contributed by atoms with Gasteiger partial charge in [-0.25, -0.2) is 4.98 Å². The topological polar surface area (TPSA) is 68.0 Å². The van der Waals surface area contributed by atoms with Crippen molar-refractivity contribution in [1.82, 2.24) is 4.98 Å². The van der Waals surface area contributed by atoms with Crippen molar-refractivity contribution in [1.29, 1.82) is 0 Å². The molecule has 0 saturated heterocycles. The summed E-state index contributed by atoms with van der Waals surface area (Å²) in [5, 5.41) is 2.57. The Bertz CT molecular complexity index is 528. The Kier molecular flexibility index (Phi) is 3.64. The number of carbonyl (C=O) groups is 1. The maximum absolute atomic E-state index is 12.6. The fraction of sp³-hybridized carbons (Fsp3) is 0.0769. The van der Waals surface area contributed by atoms with Gasteiger partial charge in [0.25, 0.3) is 0 Å². The highest BCUT2D eigenvalue weighted by atomic mass is 19.1. The van der Waals surface area contributed by atoms with Gasteiger partial charge in [-0.2, -0.15) is 4.39 Å². The number of hydrogen-bond acceptors (Lipinski definition) is 3. The number of nitrogens with zero attached hydrogens (tertiary/aromatic N) is 1. The second kappa shape index (κ2) is 5.37. The molecule has 5 heteroatoms. The summed E-state index contributed by atoms with van der Waals surface area (Å²) in [6.07, 6.45) is 1.24. The van der Waals surface area contributed by atoms with Gasteiger partial charge in [-0.3, -0.25) is 4.79 Å². The van der Waals surface area contributed by atoms with Crippen LogP contribution in [0.4, 0.5) is 10.1 Å². The van der Waals surface area contributed by atoms with Crippen molar-refractivity contribution in [3.8, 4) is 0 Å². The van der Waals surface area contributed by atoms with Crippen molar-refractivity contribution in [2.45, 2.75) is 6.04 Å². The van der Waals surface area contributed by atoms with Gasteiger partial charge < -0.3 is 11.1 Å². The molecule has 0 spiro atoms. The molecule has 0 radical (unpaired) electrons. The zero-order valence-corrected chi connectivity index (χ0v) is 9.51. The predicted molar refractivity (Wildman–Crippen MR) is 66.2 cm³/mol. The first-order valence-electron chi connectivity index (χ1n) is 5.40. The highest BCUT2D eigenvalue weighted by molar-refractivity contribution is 5.95. The fourth-order valence-corrected chi connectivity index (χ4v) is 1.48. The van der Waals surface area contributed by atoms with E-state index < -0.39 is 12.0 Å². The lowest BCUT2D eigenvalue weighted by Gasteiger charge is -2.12. The normalized spacial score (nSPS) is 11.9. The van der Waals surface area contributed by atoms with Gasteiger partial charge in [0.2, 0.25) is 11.9 Å². The van der Waals surface area contributed by atoms with E-state index in [-0.39, 0.29) is 5.91 Å². The highest BCUT2D eigenvalue weighted by Crippen LogP contribution is 2.13. The third kappa shape index (κ3) is 2.89. The van der Waals surface area contributed by atoms with Crippen LogP contribution in [0, 0.1) is 5.95 Å². The molecular formula is C13H12FN3O. The molecule has 1 amide bonds. The molecule has 0 aliphatic rings. The van der Waals surface area contributed by atoms with E-state index in [0.29, 0.717) is 11.3 Å². The molecule has 4 nitrogen and oxygen atoms in total. The van der Waals surface area contributed by atoms with E-state index in [1.165, 1.54) is 18.3 Å². The Morgan fingerprint density at radius 2 is 1.94 bits per heavy atom. The molecule has 0 saturated carbocycles. The van der Waals surface area contributed by atoms with E-state index >= 15 is 0 Å². The first kappa shape index (κ1) is 12.2. The number of halogens is 1. The lowest BCUT2D eigenvalue weighted by atomic mass is 10.1. The molecular weight excluding hydrogens is 233 g/mol. The van der Waals surface area contributed by atoms with E-state index in [9.17, 15) is 9.18 Å². The molecule has 1 aromatic heterocycles. The molecule has 2 rings (SSSR count). The van der Waals surface area contributed by atoms with E-state index in [2.05, 4.69) is 10.3 Å². The van der Waals surface area contributed by atoms with E-state index in [4.69, 9.17) is 5.73 Å². The largest absolute Gasteiger partial charge is 0.323 e. The number of nitrogens with two attached hydrogens (primary N) is 1. The van der Waals surface area contributed by atoms with Gasteiger partial charge in [-0.15, -0.1) is 0 Å². The zero-order valence-electron chi connectivity index (χ0n) is 9.51. The van der Waals surface area contributed by atoms with Crippen molar-refractivity contribution in [3.63, 3.8) is 0 Å². The van der Waals surface area contributed by atoms with Gasteiger partial charge in [0.15, 0.2) is 0 Å². The summed E-state index contributed by atoms with van der Waals surface area (Å²) in [5.41, 5.74) is 6.93. The van der Waals surface area contributed by atoms with Crippen LogP contribution in [-0.4, -0.2) is 10.9 Å². The standard InChI is InChI=1S/C13H12FN3O/c14-11-7-6-10(8-16-11)17-13(18)12(15)9-4-2-1-3-5-9/h1-8,12H,15H2,(H,17,18). The Labute approximate surface area is 104 Å². The van der Waals surface area contributed by atoms with Crippen LogP contribution < -0.4 is 11.1 Å². The van der Waals surface area contributed by atoms with Crippen LogP contribution >= 0.6 is 0 Å². The van der Waals surface area contributed by atoms with Crippen LogP contribution in [0.15, 0.2) is 48.7 Å². The van der Waals surface area contributed by atoms with Gasteiger partial charge >= 0.3 is 0 Å². The second-order valence-corrected chi connectivity index (χ2v) is 3.75. The van der Waals surface area contributed by atoms with Crippen LogP contribution in [0.5, 0.6) is 0 Å². The van der Waals surface area contributed by atoms with Gasteiger partial charge in [0, 0.05) is 0 Å². The number of anilines is 1. The third-order valence-corrected chi connectivity index (χ3v) is 2.44. The van der Waals surface area contributed by atoms with Gasteiger partial charge in [-0.1, -0.05) is 30.3 Å². The Hall–Kier alpha value is -2.27. The van der Waals surface area contributed by atoms with Crippen LogP contribution in [0.1, 0.15) is 11.6 Å². The second-order valence-electron chi connectivity index (χ2n) is 3.75. The van der Waals surface area contributed by atoms with Crippen molar-refractivity contribution in [3.05, 3.63) is 60.2 Å². The SMILES string of the molecule is NC(C(=O)Nc1ccc(F)nc1)c1ccccc1. The quantitative estimate of drug-likeness (QED) is 0.811. The Morgan fingerprint density at radius 3 is 2.56 bits per heavy atom. The van der Waals surface area contributed by atoms with Gasteiger partial charge in [-0.05, 0) is 17.7 Å². The molecule has 92 valence electrons. The first-order valence-corrected chi connectivity index (χ1v) is 5.40.